The minimum absolute atomic E-state index is 0.0717. The molecule has 2 heterocycles. The van der Waals surface area contributed by atoms with Crippen molar-refractivity contribution in [3.05, 3.63) is 84.1 Å². The van der Waals surface area contributed by atoms with Gasteiger partial charge < -0.3 is 10.6 Å². The summed E-state index contributed by atoms with van der Waals surface area (Å²) in [7, 11) is 0. The van der Waals surface area contributed by atoms with Gasteiger partial charge >= 0.3 is 0 Å². The van der Waals surface area contributed by atoms with Crippen molar-refractivity contribution in [1.82, 2.24) is 20.3 Å². The van der Waals surface area contributed by atoms with E-state index in [-0.39, 0.29) is 11.9 Å². The number of nitrogens with one attached hydrogen (secondary N) is 2. The lowest BCUT2D eigenvalue weighted by Gasteiger charge is -2.15. The number of carbonyl (C=O) groups is 1. The molecule has 0 radical (unpaired) electrons. The lowest BCUT2D eigenvalue weighted by molar-refractivity contribution is 0.0945. The fourth-order valence-corrected chi connectivity index (χ4v) is 2.38. The topological polar surface area (TPSA) is 79.8 Å². The van der Waals surface area contributed by atoms with Crippen molar-refractivity contribution in [3.63, 3.8) is 0 Å². The number of rotatable bonds is 6. The van der Waals surface area contributed by atoms with E-state index >= 15 is 0 Å². The zero-order chi connectivity index (χ0) is 17.5. The minimum atomic E-state index is -0.248. The molecule has 3 rings (SSSR count). The number of benzene rings is 1. The summed E-state index contributed by atoms with van der Waals surface area (Å²) in [4.78, 5) is 24.5. The van der Waals surface area contributed by atoms with E-state index in [4.69, 9.17) is 0 Å². The molecule has 0 aliphatic heterocycles. The first-order valence-electron chi connectivity index (χ1n) is 8.03. The van der Waals surface area contributed by atoms with Gasteiger partial charge in [0.25, 0.3) is 5.91 Å². The van der Waals surface area contributed by atoms with Crippen molar-refractivity contribution in [2.45, 2.75) is 19.5 Å². The number of carbonyl (C=O) groups excluding carboxylic acids is 1. The summed E-state index contributed by atoms with van der Waals surface area (Å²) in [6, 6.07) is 15.5. The molecule has 6 nitrogen and oxygen atoms in total. The summed E-state index contributed by atoms with van der Waals surface area (Å²) in [6.07, 6.45) is 4.80. The van der Waals surface area contributed by atoms with Crippen LogP contribution in [0.2, 0.25) is 0 Å². The number of hydrogen-bond donors (Lipinski definition) is 2. The average Bonchev–Trinajstić information content (AvgIpc) is 2.68. The van der Waals surface area contributed by atoms with E-state index in [1.807, 2.05) is 49.4 Å². The van der Waals surface area contributed by atoms with Gasteiger partial charge in [-0.3, -0.25) is 9.78 Å². The molecule has 0 spiro atoms. The molecular formula is C19H19N5O. The lowest BCUT2D eigenvalue weighted by Crippen LogP contribution is -2.24. The molecule has 1 unspecified atom stereocenters. The number of pyridine rings is 1. The zero-order valence-corrected chi connectivity index (χ0v) is 13.9. The van der Waals surface area contributed by atoms with Crippen LogP contribution < -0.4 is 10.6 Å². The molecule has 1 amide bonds. The Labute approximate surface area is 146 Å². The average molecular weight is 333 g/mol. The number of anilines is 1. The van der Waals surface area contributed by atoms with Crippen LogP contribution in [0.3, 0.4) is 0 Å². The summed E-state index contributed by atoms with van der Waals surface area (Å²) in [6.45, 7) is 2.44. The van der Waals surface area contributed by atoms with E-state index in [2.05, 4.69) is 25.6 Å². The number of hydrogen-bond acceptors (Lipinski definition) is 5. The SMILES string of the molecule is CC(Nc1cc(C(=O)NCc2cccnc2)ncn1)c1ccccc1. The van der Waals surface area contributed by atoms with E-state index < -0.39 is 0 Å². The molecule has 6 heteroatoms. The first-order chi connectivity index (χ1) is 12.2. The third kappa shape index (κ3) is 4.60. The van der Waals surface area contributed by atoms with Crippen molar-refractivity contribution >= 4 is 11.7 Å². The second kappa shape index (κ2) is 8.01. The Morgan fingerprint density at radius 2 is 1.96 bits per heavy atom. The monoisotopic (exact) mass is 333 g/mol. The summed E-state index contributed by atoms with van der Waals surface area (Å²) < 4.78 is 0. The van der Waals surface area contributed by atoms with Crippen molar-refractivity contribution < 1.29 is 4.79 Å². The van der Waals surface area contributed by atoms with E-state index in [9.17, 15) is 4.79 Å². The number of nitrogens with zero attached hydrogens (tertiary/aromatic N) is 3. The fraction of sp³-hybridized carbons (Fsp3) is 0.158. The van der Waals surface area contributed by atoms with E-state index in [1.54, 1.807) is 18.5 Å². The normalized spacial score (nSPS) is 11.6. The van der Waals surface area contributed by atoms with Crippen LogP contribution in [-0.2, 0) is 6.54 Å². The first kappa shape index (κ1) is 16.6. The van der Waals surface area contributed by atoms with Crippen LogP contribution in [0.15, 0.2) is 67.3 Å². The molecule has 25 heavy (non-hydrogen) atoms. The van der Waals surface area contributed by atoms with Crippen LogP contribution in [0.5, 0.6) is 0 Å². The number of aromatic nitrogens is 3. The molecule has 0 aliphatic carbocycles. The predicted molar refractivity (Wildman–Crippen MR) is 95.9 cm³/mol. The molecule has 0 aliphatic rings. The summed E-state index contributed by atoms with van der Waals surface area (Å²) in [5.74, 6) is 0.361. The molecule has 0 saturated carbocycles. The molecule has 2 aromatic heterocycles. The molecule has 0 saturated heterocycles. The minimum Gasteiger partial charge on any atom is -0.363 e. The largest absolute Gasteiger partial charge is 0.363 e. The highest BCUT2D eigenvalue weighted by Crippen LogP contribution is 2.17. The standard InChI is InChI=1S/C19H19N5O/c1-14(16-7-3-2-4-8-16)24-18-10-17(22-13-23-18)19(25)21-12-15-6-5-9-20-11-15/h2-11,13-14H,12H2,1H3,(H,21,25)(H,22,23,24). The van der Waals surface area contributed by atoms with Gasteiger partial charge in [-0.2, -0.15) is 0 Å². The van der Waals surface area contributed by atoms with Crippen molar-refractivity contribution in [3.8, 4) is 0 Å². The molecule has 1 atom stereocenters. The predicted octanol–water partition coefficient (Wildman–Crippen LogP) is 2.97. The van der Waals surface area contributed by atoms with Gasteiger partial charge in [-0.25, -0.2) is 9.97 Å². The zero-order valence-electron chi connectivity index (χ0n) is 13.9. The Bertz CT molecular complexity index is 823. The highest BCUT2D eigenvalue weighted by atomic mass is 16.1. The van der Waals surface area contributed by atoms with Crippen LogP contribution in [-0.4, -0.2) is 20.9 Å². The third-order valence-corrected chi connectivity index (χ3v) is 3.74. The molecule has 0 fully saturated rings. The summed E-state index contributed by atoms with van der Waals surface area (Å²) >= 11 is 0. The summed E-state index contributed by atoms with van der Waals surface area (Å²) in [5.41, 5.74) is 2.39. The highest BCUT2D eigenvalue weighted by Gasteiger charge is 2.11. The molecule has 126 valence electrons. The maximum atomic E-state index is 12.3. The van der Waals surface area contributed by atoms with Gasteiger partial charge in [0.15, 0.2) is 0 Å². The van der Waals surface area contributed by atoms with Gasteiger partial charge in [0, 0.05) is 31.0 Å². The first-order valence-corrected chi connectivity index (χ1v) is 8.03. The van der Waals surface area contributed by atoms with Crippen LogP contribution >= 0.6 is 0 Å². The Morgan fingerprint density at radius 1 is 1.12 bits per heavy atom. The van der Waals surface area contributed by atoms with E-state index in [0.717, 1.165) is 11.1 Å². The Morgan fingerprint density at radius 3 is 2.72 bits per heavy atom. The Kier molecular flexibility index (Phi) is 5.31. The molecule has 3 aromatic rings. The molecule has 1 aromatic carbocycles. The van der Waals surface area contributed by atoms with Crippen LogP contribution in [0.25, 0.3) is 0 Å². The maximum Gasteiger partial charge on any atom is 0.270 e. The molecule has 2 N–H and O–H groups in total. The van der Waals surface area contributed by atoms with Gasteiger partial charge in [-0.15, -0.1) is 0 Å². The van der Waals surface area contributed by atoms with E-state index in [0.29, 0.717) is 18.1 Å². The third-order valence-electron chi connectivity index (χ3n) is 3.74. The van der Waals surface area contributed by atoms with Gasteiger partial charge in [0.1, 0.15) is 17.8 Å². The van der Waals surface area contributed by atoms with Gasteiger partial charge in [0.05, 0.1) is 0 Å². The highest BCUT2D eigenvalue weighted by molar-refractivity contribution is 5.92. The van der Waals surface area contributed by atoms with Gasteiger partial charge in [0.2, 0.25) is 0 Å². The van der Waals surface area contributed by atoms with Crippen molar-refractivity contribution in [2.75, 3.05) is 5.32 Å². The molecule has 0 bridgehead atoms. The fourth-order valence-electron chi connectivity index (χ4n) is 2.38. The van der Waals surface area contributed by atoms with Crippen LogP contribution in [0.4, 0.5) is 5.82 Å². The second-order valence-electron chi connectivity index (χ2n) is 5.61. The smallest absolute Gasteiger partial charge is 0.270 e. The summed E-state index contributed by atoms with van der Waals surface area (Å²) in [5, 5.41) is 6.12. The lowest BCUT2D eigenvalue weighted by atomic mass is 10.1. The maximum absolute atomic E-state index is 12.3. The van der Waals surface area contributed by atoms with E-state index in [1.165, 1.54) is 6.33 Å². The number of amides is 1. The second-order valence-corrected chi connectivity index (χ2v) is 5.61. The Balaban J connectivity index is 1.63. The molecular weight excluding hydrogens is 314 g/mol. The quantitative estimate of drug-likeness (QED) is 0.725. The van der Waals surface area contributed by atoms with Crippen LogP contribution in [0, 0.1) is 0 Å². The van der Waals surface area contributed by atoms with Crippen molar-refractivity contribution in [1.29, 1.82) is 0 Å². The van der Waals surface area contributed by atoms with Gasteiger partial charge in [-0.05, 0) is 24.1 Å². The van der Waals surface area contributed by atoms with Gasteiger partial charge in [-0.1, -0.05) is 36.4 Å². The van der Waals surface area contributed by atoms with Crippen LogP contribution in [0.1, 0.15) is 34.6 Å². The van der Waals surface area contributed by atoms with Crippen molar-refractivity contribution in [2.24, 2.45) is 0 Å². The Hall–Kier alpha value is -3.28.